The van der Waals surface area contributed by atoms with Gasteiger partial charge in [0, 0.05) is 25.5 Å². The molecule has 3 rings (SSSR count). The average Bonchev–Trinajstić information content (AvgIpc) is 3.04. The Morgan fingerprint density at radius 2 is 2.25 bits per heavy atom. The monoisotopic (exact) mass is 318 g/mol. The van der Waals surface area contributed by atoms with Gasteiger partial charge in [0.05, 0.1) is 24.6 Å². The SMILES string of the molecule is Cn1cc(S(=O)(=O)N2CCOC3CCCC32)cc1CCl. The standard InChI is InChI=1S/C13H19ClN2O3S/c1-15-9-11(7-10(15)8-14)20(17,18)16-5-6-19-13-4-2-3-12(13)16/h7,9,12-13H,2-6,8H2,1H3. The van der Waals surface area contributed by atoms with Gasteiger partial charge in [0.15, 0.2) is 0 Å². The molecule has 0 radical (unpaired) electrons. The van der Waals surface area contributed by atoms with Crippen molar-refractivity contribution in [2.45, 2.75) is 42.2 Å². The predicted octanol–water partition coefficient (Wildman–Crippen LogP) is 1.71. The summed E-state index contributed by atoms with van der Waals surface area (Å²) < 4.78 is 34.7. The Balaban J connectivity index is 1.94. The summed E-state index contributed by atoms with van der Waals surface area (Å²) in [6.45, 7) is 0.921. The number of nitrogens with zero attached hydrogens (tertiary/aromatic N) is 2. The second-order valence-electron chi connectivity index (χ2n) is 5.43. The number of alkyl halides is 1. The molecule has 1 aliphatic carbocycles. The summed E-state index contributed by atoms with van der Waals surface area (Å²) in [7, 11) is -1.64. The highest BCUT2D eigenvalue weighted by molar-refractivity contribution is 7.89. The summed E-state index contributed by atoms with van der Waals surface area (Å²) in [6.07, 6.45) is 4.59. The number of ether oxygens (including phenoxy) is 1. The van der Waals surface area contributed by atoms with Gasteiger partial charge >= 0.3 is 0 Å². The van der Waals surface area contributed by atoms with E-state index in [1.165, 1.54) is 0 Å². The van der Waals surface area contributed by atoms with Gasteiger partial charge in [-0.25, -0.2) is 8.42 Å². The van der Waals surface area contributed by atoms with Crippen molar-refractivity contribution in [2.24, 2.45) is 7.05 Å². The van der Waals surface area contributed by atoms with Crippen LogP contribution >= 0.6 is 11.6 Å². The van der Waals surface area contributed by atoms with Gasteiger partial charge in [-0.3, -0.25) is 0 Å². The van der Waals surface area contributed by atoms with E-state index in [1.807, 2.05) is 7.05 Å². The van der Waals surface area contributed by atoms with Crippen molar-refractivity contribution >= 4 is 21.6 Å². The van der Waals surface area contributed by atoms with Crippen LogP contribution < -0.4 is 0 Å². The van der Waals surface area contributed by atoms with Gasteiger partial charge in [0.25, 0.3) is 0 Å². The van der Waals surface area contributed by atoms with Gasteiger partial charge in [-0.2, -0.15) is 4.31 Å². The third-order valence-corrected chi connectivity index (χ3v) is 6.42. The first-order valence-corrected chi connectivity index (χ1v) is 8.86. The fraction of sp³-hybridized carbons (Fsp3) is 0.692. The number of hydrogen-bond donors (Lipinski definition) is 0. The van der Waals surface area contributed by atoms with Crippen LogP contribution in [0.5, 0.6) is 0 Å². The maximum atomic E-state index is 12.8. The third kappa shape index (κ3) is 2.28. The summed E-state index contributed by atoms with van der Waals surface area (Å²) in [5.41, 5.74) is 0.807. The minimum atomic E-state index is -3.45. The van der Waals surface area contributed by atoms with Gasteiger partial charge in [-0.15, -0.1) is 11.6 Å². The molecule has 2 aliphatic rings. The van der Waals surface area contributed by atoms with Crippen molar-refractivity contribution in [3.05, 3.63) is 18.0 Å². The molecule has 2 fully saturated rings. The summed E-state index contributed by atoms with van der Waals surface area (Å²) in [6, 6.07) is 1.66. The molecule has 1 aliphatic heterocycles. The molecule has 0 spiro atoms. The first kappa shape index (κ1) is 14.4. The first-order chi connectivity index (χ1) is 9.54. The molecule has 0 bridgehead atoms. The van der Waals surface area contributed by atoms with E-state index in [0.29, 0.717) is 23.9 Å². The van der Waals surface area contributed by atoms with Gasteiger partial charge in [-0.05, 0) is 25.3 Å². The normalized spacial score (nSPS) is 27.7. The van der Waals surface area contributed by atoms with Crippen LogP contribution in [0.4, 0.5) is 0 Å². The Morgan fingerprint density at radius 3 is 2.95 bits per heavy atom. The Kier molecular flexibility index (Phi) is 3.83. The summed E-state index contributed by atoms with van der Waals surface area (Å²) in [5, 5.41) is 0. The van der Waals surface area contributed by atoms with Crippen LogP contribution in [0.15, 0.2) is 17.2 Å². The number of fused-ring (bicyclic) bond motifs is 1. The molecule has 112 valence electrons. The van der Waals surface area contributed by atoms with Crippen LogP contribution in [-0.2, 0) is 27.7 Å². The van der Waals surface area contributed by atoms with Crippen molar-refractivity contribution in [3.8, 4) is 0 Å². The lowest BCUT2D eigenvalue weighted by Gasteiger charge is -2.36. The Hall–Kier alpha value is -0.560. The van der Waals surface area contributed by atoms with Crippen LogP contribution in [0, 0.1) is 0 Å². The fourth-order valence-electron chi connectivity index (χ4n) is 3.17. The molecule has 1 saturated carbocycles. The molecule has 0 aromatic carbocycles. The first-order valence-electron chi connectivity index (χ1n) is 6.88. The highest BCUT2D eigenvalue weighted by Crippen LogP contribution is 2.33. The predicted molar refractivity (Wildman–Crippen MR) is 76.2 cm³/mol. The lowest BCUT2D eigenvalue weighted by atomic mass is 10.2. The fourth-order valence-corrected chi connectivity index (χ4v) is 5.20. The number of aryl methyl sites for hydroxylation is 1. The van der Waals surface area contributed by atoms with Gasteiger partial charge < -0.3 is 9.30 Å². The number of morpholine rings is 1. The van der Waals surface area contributed by atoms with Gasteiger partial charge in [-0.1, -0.05) is 0 Å². The smallest absolute Gasteiger partial charge is 0.245 e. The van der Waals surface area contributed by atoms with E-state index < -0.39 is 10.0 Å². The molecule has 2 unspecified atom stereocenters. The number of rotatable bonds is 3. The van der Waals surface area contributed by atoms with Crippen LogP contribution in [0.2, 0.25) is 0 Å². The molecule has 5 nitrogen and oxygen atoms in total. The second-order valence-corrected chi connectivity index (χ2v) is 7.59. The van der Waals surface area contributed by atoms with E-state index in [4.69, 9.17) is 16.3 Å². The quantitative estimate of drug-likeness (QED) is 0.797. The van der Waals surface area contributed by atoms with Crippen molar-refractivity contribution in [1.82, 2.24) is 8.87 Å². The number of sulfonamides is 1. The molecule has 1 saturated heterocycles. The zero-order valence-corrected chi connectivity index (χ0v) is 13.0. The maximum absolute atomic E-state index is 12.8. The molecule has 20 heavy (non-hydrogen) atoms. The van der Waals surface area contributed by atoms with Gasteiger partial charge in [0.1, 0.15) is 4.90 Å². The average molecular weight is 319 g/mol. The lowest BCUT2D eigenvalue weighted by molar-refractivity contribution is -0.0241. The molecule has 2 heterocycles. The molecule has 1 aromatic heterocycles. The molecular weight excluding hydrogens is 300 g/mol. The molecule has 0 amide bonds. The molecule has 7 heteroatoms. The van der Waals surface area contributed by atoms with E-state index in [2.05, 4.69) is 0 Å². The van der Waals surface area contributed by atoms with Gasteiger partial charge in [0.2, 0.25) is 10.0 Å². The van der Waals surface area contributed by atoms with E-state index in [9.17, 15) is 8.42 Å². The highest BCUT2D eigenvalue weighted by Gasteiger charge is 2.42. The molecule has 0 N–H and O–H groups in total. The lowest BCUT2D eigenvalue weighted by Crippen LogP contribution is -2.51. The largest absolute Gasteiger partial charge is 0.375 e. The van der Waals surface area contributed by atoms with Crippen LogP contribution in [0.1, 0.15) is 25.0 Å². The summed E-state index contributed by atoms with van der Waals surface area (Å²) in [5.74, 6) is 0.307. The Labute approximate surface area is 124 Å². The Bertz CT molecular complexity index is 599. The number of hydrogen-bond acceptors (Lipinski definition) is 3. The van der Waals surface area contributed by atoms with Crippen molar-refractivity contribution < 1.29 is 13.2 Å². The van der Waals surface area contributed by atoms with Crippen LogP contribution in [-0.4, -0.2) is 42.6 Å². The molecule has 1 aromatic rings. The second kappa shape index (κ2) is 5.33. The van der Waals surface area contributed by atoms with Crippen LogP contribution in [0.3, 0.4) is 0 Å². The van der Waals surface area contributed by atoms with Crippen LogP contribution in [0.25, 0.3) is 0 Å². The van der Waals surface area contributed by atoms with E-state index in [-0.39, 0.29) is 12.1 Å². The number of halogens is 1. The summed E-state index contributed by atoms with van der Waals surface area (Å²) >= 11 is 5.82. The summed E-state index contributed by atoms with van der Waals surface area (Å²) in [4.78, 5) is 0.336. The van der Waals surface area contributed by atoms with E-state index in [0.717, 1.165) is 25.0 Å². The highest BCUT2D eigenvalue weighted by atomic mass is 35.5. The van der Waals surface area contributed by atoms with Crippen molar-refractivity contribution in [1.29, 1.82) is 0 Å². The van der Waals surface area contributed by atoms with Crippen molar-refractivity contribution in [3.63, 3.8) is 0 Å². The van der Waals surface area contributed by atoms with E-state index in [1.54, 1.807) is 21.1 Å². The zero-order chi connectivity index (χ0) is 14.3. The Morgan fingerprint density at radius 1 is 1.45 bits per heavy atom. The number of aromatic nitrogens is 1. The molecule has 2 atom stereocenters. The topological polar surface area (TPSA) is 51.5 Å². The van der Waals surface area contributed by atoms with E-state index >= 15 is 0 Å². The molecular formula is C13H19ClN2O3S. The minimum absolute atomic E-state index is 0.00610. The van der Waals surface area contributed by atoms with Crippen molar-refractivity contribution in [2.75, 3.05) is 13.2 Å². The minimum Gasteiger partial charge on any atom is -0.375 e. The zero-order valence-electron chi connectivity index (χ0n) is 11.5. The third-order valence-electron chi connectivity index (χ3n) is 4.26. The maximum Gasteiger partial charge on any atom is 0.245 e.